The first kappa shape index (κ1) is 20.0. The minimum absolute atomic E-state index is 0.159. The number of anilines is 1. The smallest absolute Gasteiger partial charge is 0.259 e. The highest BCUT2D eigenvalue weighted by atomic mass is 19.2. The van der Waals surface area contributed by atoms with Gasteiger partial charge in [0.1, 0.15) is 5.75 Å². The number of fused-ring (bicyclic) bond motifs is 1. The van der Waals surface area contributed by atoms with E-state index in [4.69, 9.17) is 9.47 Å². The number of benzene rings is 2. The summed E-state index contributed by atoms with van der Waals surface area (Å²) >= 11 is 0. The van der Waals surface area contributed by atoms with Crippen molar-refractivity contribution in [3.8, 4) is 5.75 Å². The van der Waals surface area contributed by atoms with Gasteiger partial charge in [0.25, 0.3) is 5.91 Å². The van der Waals surface area contributed by atoms with Gasteiger partial charge >= 0.3 is 0 Å². The molecule has 0 spiro atoms. The quantitative estimate of drug-likeness (QED) is 0.627. The molecule has 0 fully saturated rings. The highest BCUT2D eigenvalue weighted by molar-refractivity contribution is 6.06. The van der Waals surface area contributed by atoms with Gasteiger partial charge in [-0.25, -0.2) is 8.78 Å². The van der Waals surface area contributed by atoms with Crippen LogP contribution in [0.25, 0.3) is 0 Å². The van der Waals surface area contributed by atoms with Gasteiger partial charge in [-0.15, -0.1) is 0 Å². The molecule has 2 heterocycles. The van der Waals surface area contributed by atoms with Crippen molar-refractivity contribution in [2.24, 2.45) is 0 Å². The van der Waals surface area contributed by atoms with Gasteiger partial charge in [-0.2, -0.15) is 0 Å². The molecule has 1 amide bonds. The molecule has 154 valence electrons. The normalized spacial score (nSPS) is 16.3. The highest BCUT2D eigenvalue weighted by Crippen LogP contribution is 2.39. The maximum Gasteiger partial charge on any atom is 0.259 e. The monoisotopic (exact) mass is 410 g/mol. The number of hydrogen-bond donors (Lipinski definition) is 1. The SMILES string of the molecule is C[C@@H](OC1CCOc2c(C(=O)Nc3ccc(F)c(F)c3)cccc21)c1ccncc1. The molecule has 1 N–H and O–H groups in total. The average molecular weight is 410 g/mol. The molecule has 1 unspecified atom stereocenters. The van der Waals surface area contributed by atoms with E-state index in [1.807, 2.05) is 25.1 Å². The predicted octanol–water partition coefficient (Wildman–Crippen LogP) is 5.21. The van der Waals surface area contributed by atoms with Crippen molar-refractivity contribution in [1.82, 2.24) is 4.98 Å². The lowest BCUT2D eigenvalue weighted by atomic mass is 9.98. The summed E-state index contributed by atoms with van der Waals surface area (Å²) in [5, 5.41) is 2.58. The topological polar surface area (TPSA) is 60.5 Å². The van der Waals surface area contributed by atoms with Crippen molar-refractivity contribution >= 4 is 11.6 Å². The molecule has 0 aliphatic carbocycles. The predicted molar refractivity (Wildman–Crippen MR) is 107 cm³/mol. The second-order valence-corrected chi connectivity index (χ2v) is 6.99. The van der Waals surface area contributed by atoms with E-state index in [0.717, 1.165) is 23.3 Å². The first-order valence-corrected chi connectivity index (χ1v) is 9.60. The number of hydrogen-bond acceptors (Lipinski definition) is 4. The molecule has 0 saturated carbocycles. The molecule has 0 saturated heterocycles. The summed E-state index contributed by atoms with van der Waals surface area (Å²) in [4.78, 5) is 16.8. The van der Waals surface area contributed by atoms with E-state index in [2.05, 4.69) is 10.3 Å². The van der Waals surface area contributed by atoms with Crippen LogP contribution in [0.5, 0.6) is 5.75 Å². The minimum atomic E-state index is -1.03. The molecule has 0 radical (unpaired) electrons. The summed E-state index contributed by atoms with van der Waals surface area (Å²) in [6.07, 6.45) is 3.68. The summed E-state index contributed by atoms with van der Waals surface area (Å²) in [5.41, 5.74) is 2.25. The van der Waals surface area contributed by atoms with Crippen LogP contribution < -0.4 is 10.1 Å². The zero-order valence-electron chi connectivity index (χ0n) is 16.3. The van der Waals surface area contributed by atoms with Crippen LogP contribution in [-0.2, 0) is 4.74 Å². The number of para-hydroxylation sites is 1. The van der Waals surface area contributed by atoms with Crippen molar-refractivity contribution in [1.29, 1.82) is 0 Å². The lowest BCUT2D eigenvalue weighted by molar-refractivity contribution is -0.0253. The summed E-state index contributed by atoms with van der Waals surface area (Å²) in [7, 11) is 0. The third-order valence-electron chi connectivity index (χ3n) is 4.98. The Morgan fingerprint density at radius 2 is 1.97 bits per heavy atom. The van der Waals surface area contributed by atoms with E-state index >= 15 is 0 Å². The Labute approximate surface area is 172 Å². The number of halogens is 2. The van der Waals surface area contributed by atoms with Crippen LogP contribution >= 0.6 is 0 Å². The van der Waals surface area contributed by atoms with Crippen LogP contribution in [-0.4, -0.2) is 17.5 Å². The van der Waals surface area contributed by atoms with Gasteiger partial charge in [-0.3, -0.25) is 9.78 Å². The van der Waals surface area contributed by atoms with Crippen LogP contribution in [0.15, 0.2) is 60.9 Å². The zero-order valence-corrected chi connectivity index (χ0v) is 16.3. The number of carbonyl (C=O) groups excluding carboxylic acids is 1. The molecule has 2 aromatic carbocycles. The number of nitrogens with one attached hydrogen (secondary N) is 1. The van der Waals surface area contributed by atoms with Crippen LogP contribution in [0, 0.1) is 11.6 Å². The second-order valence-electron chi connectivity index (χ2n) is 6.99. The number of pyridine rings is 1. The Bertz CT molecular complexity index is 1060. The molecule has 4 rings (SSSR count). The first-order valence-electron chi connectivity index (χ1n) is 9.60. The number of amides is 1. The van der Waals surface area contributed by atoms with Gasteiger partial charge < -0.3 is 14.8 Å². The van der Waals surface area contributed by atoms with Crippen molar-refractivity contribution in [3.05, 3.63) is 89.2 Å². The minimum Gasteiger partial charge on any atom is -0.492 e. The fourth-order valence-corrected chi connectivity index (χ4v) is 3.44. The van der Waals surface area contributed by atoms with Gasteiger partial charge in [0.15, 0.2) is 11.6 Å². The van der Waals surface area contributed by atoms with Gasteiger partial charge in [-0.1, -0.05) is 12.1 Å². The van der Waals surface area contributed by atoms with Crippen molar-refractivity contribution in [3.63, 3.8) is 0 Å². The van der Waals surface area contributed by atoms with Gasteiger partial charge in [0.05, 0.1) is 24.4 Å². The van der Waals surface area contributed by atoms with E-state index in [-0.39, 0.29) is 17.9 Å². The number of carbonyl (C=O) groups is 1. The maximum absolute atomic E-state index is 13.4. The third kappa shape index (κ3) is 4.16. The standard InChI is InChI=1S/C23H20F2N2O3/c1-14(15-7-10-26-11-8-15)30-21-9-12-29-22-17(21)3-2-4-18(22)23(28)27-16-5-6-19(24)20(25)13-16/h2-8,10-11,13-14,21H,9,12H2,1H3,(H,27,28)/t14-,21?/m1/s1. The van der Waals surface area contributed by atoms with E-state index in [1.54, 1.807) is 24.5 Å². The molecule has 1 aliphatic rings. The molecular formula is C23H20F2N2O3. The molecule has 1 aromatic heterocycles. The third-order valence-corrected chi connectivity index (χ3v) is 4.98. The Balaban J connectivity index is 1.56. The first-order chi connectivity index (χ1) is 14.5. The van der Waals surface area contributed by atoms with Crippen molar-refractivity contribution < 1.29 is 23.0 Å². The summed E-state index contributed by atoms with van der Waals surface area (Å²) in [6.45, 7) is 2.36. The van der Waals surface area contributed by atoms with Crippen molar-refractivity contribution in [2.45, 2.75) is 25.6 Å². The van der Waals surface area contributed by atoms with E-state index in [0.29, 0.717) is 24.3 Å². The molecule has 30 heavy (non-hydrogen) atoms. The zero-order chi connectivity index (χ0) is 21.1. The molecule has 5 nitrogen and oxygen atoms in total. The Morgan fingerprint density at radius 3 is 2.73 bits per heavy atom. The van der Waals surface area contributed by atoms with Crippen molar-refractivity contribution in [2.75, 3.05) is 11.9 Å². The fraction of sp³-hybridized carbons (Fsp3) is 0.217. The van der Waals surface area contributed by atoms with Crippen LogP contribution in [0.3, 0.4) is 0 Å². The maximum atomic E-state index is 13.4. The second kappa shape index (κ2) is 8.59. The molecule has 2 atom stereocenters. The van der Waals surface area contributed by atoms with Crippen LogP contribution in [0.2, 0.25) is 0 Å². The Hall–Kier alpha value is -3.32. The molecule has 7 heteroatoms. The summed E-state index contributed by atoms with van der Waals surface area (Å²) < 4.78 is 38.6. The molecule has 0 bridgehead atoms. The largest absolute Gasteiger partial charge is 0.492 e. The summed E-state index contributed by atoms with van der Waals surface area (Å²) in [6, 6.07) is 12.2. The van der Waals surface area contributed by atoms with Crippen LogP contribution in [0.4, 0.5) is 14.5 Å². The van der Waals surface area contributed by atoms with Gasteiger partial charge in [0.2, 0.25) is 0 Å². The molecule has 3 aromatic rings. The summed E-state index contributed by atoms with van der Waals surface area (Å²) in [5.74, 6) is -2.04. The molecular weight excluding hydrogens is 390 g/mol. The number of ether oxygens (including phenoxy) is 2. The molecule has 1 aliphatic heterocycles. The van der Waals surface area contributed by atoms with E-state index < -0.39 is 17.5 Å². The Morgan fingerprint density at radius 1 is 1.17 bits per heavy atom. The average Bonchev–Trinajstić information content (AvgIpc) is 2.76. The van der Waals surface area contributed by atoms with Crippen LogP contribution in [0.1, 0.15) is 47.0 Å². The van der Waals surface area contributed by atoms with E-state index in [1.165, 1.54) is 6.07 Å². The number of nitrogens with zero attached hydrogens (tertiary/aromatic N) is 1. The lowest BCUT2D eigenvalue weighted by Crippen LogP contribution is -2.22. The number of rotatable bonds is 5. The van der Waals surface area contributed by atoms with Gasteiger partial charge in [-0.05, 0) is 42.8 Å². The number of aromatic nitrogens is 1. The highest BCUT2D eigenvalue weighted by Gasteiger charge is 2.28. The Kier molecular flexibility index (Phi) is 5.72. The fourth-order valence-electron chi connectivity index (χ4n) is 3.44. The van der Waals surface area contributed by atoms with E-state index in [9.17, 15) is 13.6 Å². The van der Waals surface area contributed by atoms with Gasteiger partial charge in [0, 0.05) is 36.1 Å². The lowest BCUT2D eigenvalue weighted by Gasteiger charge is -2.29.